The van der Waals surface area contributed by atoms with Crippen LogP contribution in [0.2, 0.25) is 0 Å². The second-order valence-electron chi connectivity index (χ2n) is 5.65. The summed E-state index contributed by atoms with van der Waals surface area (Å²) in [6.07, 6.45) is 6.33. The Morgan fingerprint density at radius 1 is 1.05 bits per heavy atom. The van der Waals surface area contributed by atoms with Crippen LogP contribution in [-0.2, 0) is 0 Å². The molecule has 116 valence electrons. The monoisotopic (exact) mass is 273 g/mol. The summed E-state index contributed by atoms with van der Waals surface area (Å²) in [5, 5.41) is 5.60. The lowest BCUT2D eigenvalue weighted by atomic mass is 10.2. The fraction of sp³-hybridized carbons (Fsp3) is 1.00. The number of hydrogen-bond acceptors (Lipinski definition) is 5. The van der Waals surface area contributed by atoms with Crippen molar-refractivity contribution in [3.8, 4) is 0 Å². The maximum atomic E-state index is 3.54. The van der Waals surface area contributed by atoms with Crippen LogP contribution in [0.5, 0.6) is 0 Å². The summed E-state index contributed by atoms with van der Waals surface area (Å²) in [6, 6.07) is 0. The molecule has 0 bridgehead atoms. The summed E-state index contributed by atoms with van der Waals surface area (Å²) in [6.45, 7) is 11.0. The smallest absolute Gasteiger partial charge is 0.0717 e. The molecule has 1 unspecified atom stereocenters. The fourth-order valence-corrected chi connectivity index (χ4v) is 1.68. The molecule has 0 spiro atoms. The number of unbranched alkanes of at least 4 members (excludes halogenated alkanes) is 2. The maximum Gasteiger partial charge on any atom is 0.0717 e. The lowest BCUT2D eigenvalue weighted by molar-refractivity contribution is 0.151. The zero-order valence-corrected chi connectivity index (χ0v) is 13.6. The summed E-state index contributed by atoms with van der Waals surface area (Å²) in [5.41, 5.74) is 9.54. The third-order valence-electron chi connectivity index (χ3n) is 2.96. The fourth-order valence-electron chi connectivity index (χ4n) is 1.68. The van der Waals surface area contributed by atoms with E-state index in [-0.39, 0.29) is 0 Å². The molecule has 4 N–H and O–H groups in total. The van der Waals surface area contributed by atoms with Crippen LogP contribution in [0.3, 0.4) is 0 Å². The normalized spacial score (nSPS) is 13.4. The SMILES string of the molecule is CCCCC(NCC(C)C)NNNN(C)CCCC. The van der Waals surface area contributed by atoms with Crippen LogP contribution in [0.25, 0.3) is 0 Å². The number of rotatable bonds is 13. The zero-order chi connectivity index (χ0) is 14.5. The zero-order valence-electron chi connectivity index (χ0n) is 13.6. The Labute approximate surface area is 119 Å². The van der Waals surface area contributed by atoms with Gasteiger partial charge in [-0.2, -0.15) is 11.1 Å². The van der Waals surface area contributed by atoms with Crippen LogP contribution in [0.4, 0.5) is 0 Å². The summed E-state index contributed by atoms with van der Waals surface area (Å²) in [7, 11) is 2.05. The highest BCUT2D eigenvalue weighted by Crippen LogP contribution is 1.98. The number of hydrazine groups is 3. The van der Waals surface area contributed by atoms with Crippen LogP contribution < -0.4 is 21.8 Å². The second-order valence-corrected chi connectivity index (χ2v) is 5.65. The van der Waals surface area contributed by atoms with Gasteiger partial charge in [-0.25, -0.2) is 10.4 Å². The average Bonchev–Trinajstić information content (AvgIpc) is 2.38. The molecule has 0 aliphatic rings. The van der Waals surface area contributed by atoms with Gasteiger partial charge in [0.25, 0.3) is 0 Å². The summed E-state index contributed by atoms with van der Waals surface area (Å²) in [4.78, 5) is 0. The third kappa shape index (κ3) is 12.6. The van der Waals surface area contributed by atoms with Crippen molar-refractivity contribution in [2.45, 2.75) is 66.0 Å². The van der Waals surface area contributed by atoms with Gasteiger partial charge in [0.2, 0.25) is 0 Å². The van der Waals surface area contributed by atoms with E-state index in [2.05, 4.69) is 54.5 Å². The number of hydrogen-bond donors (Lipinski definition) is 4. The first kappa shape index (κ1) is 18.8. The molecule has 0 aliphatic carbocycles. The van der Waals surface area contributed by atoms with Gasteiger partial charge in [-0.1, -0.05) is 47.0 Å². The predicted octanol–water partition coefficient (Wildman–Crippen LogP) is 1.99. The third-order valence-corrected chi connectivity index (χ3v) is 2.96. The second kappa shape index (κ2) is 12.8. The summed E-state index contributed by atoms with van der Waals surface area (Å²) in [5.74, 6) is 0.672. The van der Waals surface area contributed by atoms with Crippen LogP contribution in [0, 0.1) is 5.92 Å². The van der Waals surface area contributed by atoms with E-state index in [1.807, 2.05) is 7.05 Å². The van der Waals surface area contributed by atoms with Crippen molar-refractivity contribution < 1.29 is 0 Å². The Morgan fingerprint density at radius 2 is 1.74 bits per heavy atom. The number of nitrogens with one attached hydrogen (secondary N) is 4. The maximum absolute atomic E-state index is 3.54. The van der Waals surface area contributed by atoms with Crippen LogP contribution >= 0.6 is 0 Å². The molecule has 1 atom stereocenters. The van der Waals surface area contributed by atoms with Crippen LogP contribution in [0.15, 0.2) is 0 Å². The molecular weight excluding hydrogens is 238 g/mol. The first-order valence-corrected chi connectivity index (χ1v) is 7.80. The van der Waals surface area contributed by atoms with Crippen molar-refractivity contribution in [2.24, 2.45) is 5.92 Å². The van der Waals surface area contributed by atoms with E-state index in [9.17, 15) is 0 Å². The van der Waals surface area contributed by atoms with E-state index in [1.165, 1.54) is 25.7 Å². The largest absolute Gasteiger partial charge is 0.301 e. The summed E-state index contributed by atoms with van der Waals surface area (Å²) >= 11 is 0. The minimum atomic E-state index is 0.314. The van der Waals surface area contributed by atoms with E-state index in [4.69, 9.17) is 0 Å². The molecule has 0 rings (SSSR count). The number of nitrogens with zero attached hydrogens (tertiary/aromatic N) is 1. The van der Waals surface area contributed by atoms with E-state index in [0.29, 0.717) is 12.1 Å². The van der Waals surface area contributed by atoms with Crippen LogP contribution in [-0.4, -0.2) is 31.3 Å². The molecule has 19 heavy (non-hydrogen) atoms. The molecule has 5 nitrogen and oxygen atoms in total. The molecule has 0 heterocycles. The van der Waals surface area contributed by atoms with Crippen molar-refractivity contribution in [2.75, 3.05) is 20.1 Å². The molecule has 0 amide bonds. The Bertz CT molecular complexity index is 187. The lowest BCUT2D eigenvalue weighted by Gasteiger charge is -2.24. The van der Waals surface area contributed by atoms with Gasteiger partial charge in [0.15, 0.2) is 0 Å². The van der Waals surface area contributed by atoms with Crippen molar-refractivity contribution in [1.29, 1.82) is 0 Å². The molecule has 0 saturated carbocycles. The van der Waals surface area contributed by atoms with Gasteiger partial charge in [0.05, 0.1) is 6.17 Å². The minimum absolute atomic E-state index is 0.314. The van der Waals surface area contributed by atoms with Gasteiger partial charge >= 0.3 is 0 Å². The van der Waals surface area contributed by atoms with Crippen molar-refractivity contribution in [3.63, 3.8) is 0 Å². The van der Waals surface area contributed by atoms with E-state index >= 15 is 0 Å². The Morgan fingerprint density at radius 3 is 2.32 bits per heavy atom. The predicted molar refractivity (Wildman–Crippen MR) is 83.1 cm³/mol. The van der Waals surface area contributed by atoms with E-state index < -0.39 is 0 Å². The average molecular weight is 273 g/mol. The molecule has 5 heteroatoms. The molecule has 0 aliphatic heterocycles. The van der Waals surface area contributed by atoms with Gasteiger partial charge in [-0.3, -0.25) is 0 Å². The van der Waals surface area contributed by atoms with Gasteiger partial charge in [0.1, 0.15) is 0 Å². The van der Waals surface area contributed by atoms with E-state index in [1.54, 1.807) is 0 Å². The first-order valence-electron chi connectivity index (χ1n) is 7.80. The minimum Gasteiger partial charge on any atom is -0.301 e. The van der Waals surface area contributed by atoms with E-state index in [0.717, 1.165) is 19.5 Å². The molecular formula is C14H35N5. The van der Waals surface area contributed by atoms with Crippen LogP contribution in [0.1, 0.15) is 59.8 Å². The highest BCUT2D eigenvalue weighted by molar-refractivity contribution is 4.62. The highest BCUT2D eigenvalue weighted by atomic mass is 15.8. The molecule has 0 fully saturated rings. The first-order chi connectivity index (χ1) is 9.10. The van der Waals surface area contributed by atoms with Gasteiger partial charge in [-0.05, 0) is 25.3 Å². The van der Waals surface area contributed by atoms with Gasteiger partial charge in [0, 0.05) is 13.6 Å². The Hall–Kier alpha value is -0.200. The quantitative estimate of drug-likeness (QED) is 0.305. The van der Waals surface area contributed by atoms with Crippen molar-refractivity contribution in [1.82, 2.24) is 26.8 Å². The summed E-state index contributed by atoms with van der Waals surface area (Å²) < 4.78 is 0. The molecule has 0 radical (unpaired) electrons. The van der Waals surface area contributed by atoms with Crippen molar-refractivity contribution >= 4 is 0 Å². The highest BCUT2D eigenvalue weighted by Gasteiger charge is 2.07. The lowest BCUT2D eigenvalue weighted by Crippen LogP contribution is -2.58. The Kier molecular flexibility index (Phi) is 12.7. The van der Waals surface area contributed by atoms with Gasteiger partial charge in [-0.15, -0.1) is 0 Å². The molecule has 0 aromatic carbocycles. The van der Waals surface area contributed by atoms with Gasteiger partial charge < -0.3 is 5.32 Å². The standard InChI is InChI=1S/C14H35N5/c1-6-8-10-14(15-12-13(3)4)16-17-18-19(5)11-9-7-2/h13-18H,6-12H2,1-5H3. The topological polar surface area (TPSA) is 51.4 Å². The van der Waals surface area contributed by atoms with Crippen molar-refractivity contribution in [3.05, 3.63) is 0 Å². The molecule has 0 aromatic heterocycles. The molecule has 0 saturated heterocycles. The Balaban J connectivity index is 3.77. The molecule has 0 aromatic rings.